The van der Waals surface area contributed by atoms with Crippen LogP contribution in [0.2, 0.25) is 10.0 Å². The molecule has 0 saturated heterocycles. The van der Waals surface area contributed by atoms with E-state index >= 15 is 0 Å². The molecule has 1 N–H and O–H groups in total. The van der Waals surface area contributed by atoms with Crippen LogP contribution >= 0.6 is 35.0 Å². The zero-order valence-corrected chi connectivity index (χ0v) is 17.2. The number of halogens is 2. The molecule has 0 radical (unpaired) electrons. The van der Waals surface area contributed by atoms with Gasteiger partial charge in [-0.15, -0.1) is 0 Å². The smallest absolute Gasteiger partial charge is 0.258 e. The van der Waals surface area contributed by atoms with Crippen LogP contribution in [0, 0.1) is 13.8 Å². The number of carbonyl (C=O) groups is 1. The predicted octanol–water partition coefficient (Wildman–Crippen LogP) is 5.80. The lowest BCUT2D eigenvalue weighted by Gasteiger charge is -2.14. The molecule has 0 unspecified atom stereocenters. The van der Waals surface area contributed by atoms with Crippen LogP contribution in [0.15, 0.2) is 36.4 Å². The molecule has 1 aliphatic rings. The number of carbonyl (C=O) groups excluding carboxylic acids is 1. The minimum absolute atomic E-state index is 0.275. The molecule has 1 amide bonds. The quantitative estimate of drug-likeness (QED) is 0.585. The summed E-state index contributed by atoms with van der Waals surface area (Å²) in [6.07, 6.45) is 0. The summed E-state index contributed by atoms with van der Waals surface area (Å²) in [7, 11) is 0. The third kappa shape index (κ3) is 3.35. The van der Waals surface area contributed by atoms with Gasteiger partial charge in [0, 0.05) is 22.1 Å². The number of benzene rings is 2. The molecule has 2 aromatic carbocycles. The number of amides is 1. The first-order valence-electron chi connectivity index (χ1n) is 8.47. The lowest BCUT2D eigenvalue weighted by molar-refractivity contribution is 0.102. The molecule has 0 saturated carbocycles. The maximum atomic E-state index is 12.9. The number of rotatable bonds is 3. The van der Waals surface area contributed by atoms with E-state index in [1.165, 1.54) is 5.56 Å². The van der Waals surface area contributed by atoms with Crippen molar-refractivity contribution in [2.24, 2.45) is 0 Å². The molecule has 4 nitrogen and oxygen atoms in total. The summed E-state index contributed by atoms with van der Waals surface area (Å²) < 4.78 is 1.84. The second kappa shape index (κ2) is 7.23. The van der Waals surface area contributed by atoms with Crippen LogP contribution in [0.4, 0.5) is 5.82 Å². The number of aryl methyl sites for hydroxylation is 1. The van der Waals surface area contributed by atoms with E-state index in [2.05, 4.69) is 25.2 Å². The predicted molar refractivity (Wildman–Crippen MR) is 112 cm³/mol. The SMILES string of the molecule is Cc1cccc(-n2nc3c(c2NC(=O)c2ccc(Cl)cc2Cl)CSC3)c1C. The highest BCUT2D eigenvalue weighted by molar-refractivity contribution is 7.98. The Bertz CT molecular complexity index is 1060. The first kappa shape index (κ1) is 18.4. The molecule has 7 heteroatoms. The maximum absolute atomic E-state index is 12.9. The molecule has 4 rings (SSSR count). The number of nitrogens with one attached hydrogen (secondary N) is 1. The first-order valence-corrected chi connectivity index (χ1v) is 10.4. The van der Waals surface area contributed by atoms with Crippen molar-refractivity contribution in [2.45, 2.75) is 25.4 Å². The molecule has 1 aromatic heterocycles. The molecule has 3 aromatic rings. The fourth-order valence-electron chi connectivity index (χ4n) is 3.13. The van der Waals surface area contributed by atoms with Gasteiger partial charge in [-0.2, -0.15) is 16.9 Å². The van der Waals surface area contributed by atoms with Crippen LogP contribution in [-0.4, -0.2) is 15.7 Å². The maximum Gasteiger partial charge on any atom is 0.258 e. The molecule has 27 heavy (non-hydrogen) atoms. The summed E-state index contributed by atoms with van der Waals surface area (Å²) in [6, 6.07) is 10.9. The van der Waals surface area contributed by atoms with Gasteiger partial charge in [0.2, 0.25) is 0 Å². The van der Waals surface area contributed by atoms with Crippen LogP contribution in [0.25, 0.3) is 5.69 Å². The van der Waals surface area contributed by atoms with Crippen LogP contribution in [0.5, 0.6) is 0 Å². The van der Waals surface area contributed by atoms with Crippen molar-refractivity contribution in [2.75, 3.05) is 5.32 Å². The average Bonchev–Trinajstić information content (AvgIpc) is 3.20. The Labute approximate surface area is 171 Å². The Morgan fingerprint density at radius 3 is 2.78 bits per heavy atom. The number of fused-ring (bicyclic) bond motifs is 1. The number of nitrogens with zero attached hydrogens (tertiary/aromatic N) is 2. The lowest BCUT2D eigenvalue weighted by Crippen LogP contribution is -2.17. The average molecular weight is 418 g/mol. The van der Waals surface area contributed by atoms with Crippen molar-refractivity contribution < 1.29 is 4.79 Å². The van der Waals surface area contributed by atoms with E-state index in [1.54, 1.807) is 30.0 Å². The molecule has 0 aliphatic carbocycles. The van der Waals surface area contributed by atoms with Crippen molar-refractivity contribution in [3.63, 3.8) is 0 Å². The van der Waals surface area contributed by atoms with Gasteiger partial charge in [-0.05, 0) is 49.2 Å². The van der Waals surface area contributed by atoms with Crippen molar-refractivity contribution in [3.05, 3.63) is 74.4 Å². The molecular formula is C20H17Cl2N3OS. The van der Waals surface area contributed by atoms with Crippen molar-refractivity contribution >= 4 is 46.7 Å². The number of hydrogen-bond donors (Lipinski definition) is 1. The van der Waals surface area contributed by atoms with Gasteiger partial charge in [-0.3, -0.25) is 4.79 Å². The van der Waals surface area contributed by atoms with E-state index in [0.29, 0.717) is 21.4 Å². The monoisotopic (exact) mass is 417 g/mol. The number of hydrogen-bond acceptors (Lipinski definition) is 3. The van der Waals surface area contributed by atoms with E-state index in [-0.39, 0.29) is 5.91 Å². The van der Waals surface area contributed by atoms with Crippen molar-refractivity contribution in [3.8, 4) is 5.69 Å². The van der Waals surface area contributed by atoms with E-state index in [0.717, 1.165) is 34.0 Å². The summed E-state index contributed by atoms with van der Waals surface area (Å²) in [6.45, 7) is 4.13. The summed E-state index contributed by atoms with van der Waals surface area (Å²) in [5, 5.41) is 8.62. The van der Waals surface area contributed by atoms with E-state index < -0.39 is 0 Å². The van der Waals surface area contributed by atoms with Gasteiger partial charge in [-0.25, -0.2) is 4.68 Å². The second-order valence-electron chi connectivity index (χ2n) is 6.48. The Kier molecular flexibility index (Phi) is 4.93. The van der Waals surface area contributed by atoms with Crippen molar-refractivity contribution in [1.29, 1.82) is 0 Å². The van der Waals surface area contributed by atoms with Gasteiger partial charge in [0.25, 0.3) is 5.91 Å². The normalized spacial score (nSPS) is 12.9. The van der Waals surface area contributed by atoms with E-state index in [4.69, 9.17) is 28.3 Å². The van der Waals surface area contributed by atoms with E-state index in [1.807, 2.05) is 16.8 Å². The van der Waals surface area contributed by atoms with Crippen LogP contribution in [0.1, 0.15) is 32.7 Å². The largest absolute Gasteiger partial charge is 0.306 e. The molecule has 0 atom stereocenters. The molecule has 1 aliphatic heterocycles. The summed E-state index contributed by atoms with van der Waals surface area (Å²) in [5.74, 6) is 2.10. The highest BCUT2D eigenvalue weighted by atomic mass is 35.5. The Morgan fingerprint density at radius 2 is 2.00 bits per heavy atom. The third-order valence-corrected chi connectivity index (χ3v) is 6.28. The highest BCUT2D eigenvalue weighted by Gasteiger charge is 2.26. The van der Waals surface area contributed by atoms with Crippen LogP contribution in [-0.2, 0) is 11.5 Å². The Hall–Kier alpha value is -1.95. The highest BCUT2D eigenvalue weighted by Crippen LogP contribution is 2.37. The van der Waals surface area contributed by atoms with Crippen molar-refractivity contribution in [1.82, 2.24) is 9.78 Å². The second-order valence-corrected chi connectivity index (χ2v) is 8.31. The number of thioether (sulfide) groups is 1. The summed E-state index contributed by atoms with van der Waals surface area (Å²) in [4.78, 5) is 12.9. The van der Waals surface area contributed by atoms with Crippen LogP contribution in [0.3, 0.4) is 0 Å². The minimum atomic E-state index is -0.275. The van der Waals surface area contributed by atoms with Crippen LogP contribution < -0.4 is 5.32 Å². The molecule has 0 bridgehead atoms. The van der Waals surface area contributed by atoms with Gasteiger partial charge in [0.15, 0.2) is 0 Å². The first-order chi connectivity index (χ1) is 13.0. The Balaban J connectivity index is 1.78. The third-order valence-electron chi connectivity index (χ3n) is 4.76. The van der Waals surface area contributed by atoms with Gasteiger partial charge in [0.1, 0.15) is 5.82 Å². The molecule has 0 spiro atoms. The molecular weight excluding hydrogens is 401 g/mol. The molecule has 0 fully saturated rings. The van der Waals surface area contributed by atoms with Gasteiger partial charge < -0.3 is 5.32 Å². The van der Waals surface area contributed by atoms with Gasteiger partial charge in [0.05, 0.1) is 22.0 Å². The molecule has 138 valence electrons. The fourth-order valence-corrected chi connectivity index (χ4v) is 4.66. The molecule has 2 heterocycles. The zero-order chi connectivity index (χ0) is 19.1. The van der Waals surface area contributed by atoms with E-state index in [9.17, 15) is 4.79 Å². The zero-order valence-electron chi connectivity index (χ0n) is 14.8. The van der Waals surface area contributed by atoms with Gasteiger partial charge >= 0.3 is 0 Å². The lowest BCUT2D eigenvalue weighted by atomic mass is 10.1. The number of aromatic nitrogens is 2. The fraction of sp³-hybridized carbons (Fsp3) is 0.200. The summed E-state index contributed by atoms with van der Waals surface area (Å²) in [5.41, 5.74) is 5.74. The standard InChI is InChI=1S/C20H17Cl2N3OS/c1-11-4-3-5-18(12(11)2)25-19(15-9-27-10-17(15)24-25)23-20(26)14-7-6-13(21)8-16(14)22/h3-8H,9-10H2,1-2H3,(H,23,26). The minimum Gasteiger partial charge on any atom is -0.306 e. The summed E-state index contributed by atoms with van der Waals surface area (Å²) >= 11 is 14.0. The van der Waals surface area contributed by atoms with Gasteiger partial charge in [-0.1, -0.05) is 35.3 Å². The number of anilines is 1. The topological polar surface area (TPSA) is 46.9 Å². The Morgan fingerprint density at radius 1 is 1.19 bits per heavy atom.